The molecule has 0 radical (unpaired) electrons. The highest BCUT2D eigenvalue weighted by Gasteiger charge is 2.22. The highest BCUT2D eigenvalue weighted by molar-refractivity contribution is 7.15. The van der Waals surface area contributed by atoms with Crippen molar-refractivity contribution in [2.45, 2.75) is 64.5 Å². The Hall–Kier alpha value is -0.610. The van der Waals surface area contributed by atoms with Gasteiger partial charge in [0, 0.05) is 13.1 Å². The van der Waals surface area contributed by atoms with E-state index in [-0.39, 0.29) is 6.61 Å². The van der Waals surface area contributed by atoms with E-state index in [0.29, 0.717) is 12.0 Å². The molecule has 0 atom stereocenters. The van der Waals surface area contributed by atoms with E-state index in [1.807, 2.05) is 0 Å². The van der Waals surface area contributed by atoms with Crippen molar-refractivity contribution in [3.63, 3.8) is 0 Å². The van der Waals surface area contributed by atoms with Crippen molar-refractivity contribution in [3.05, 3.63) is 10.6 Å². The summed E-state index contributed by atoms with van der Waals surface area (Å²) in [5.41, 5.74) is 1.07. The Bertz CT molecular complexity index is 383. The minimum Gasteiger partial charge on any atom is -0.391 e. The van der Waals surface area contributed by atoms with E-state index in [1.54, 1.807) is 11.3 Å². The Morgan fingerprint density at radius 1 is 1.33 bits per heavy atom. The van der Waals surface area contributed by atoms with Gasteiger partial charge in [0.1, 0.15) is 0 Å². The number of hydrogen-bond acceptors (Lipinski definition) is 4. The summed E-state index contributed by atoms with van der Waals surface area (Å²) in [5.74, 6) is 0.386. The van der Waals surface area contributed by atoms with Crippen LogP contribution in [0.4, 0.5) is 5.13 Å². The normalized spacial score (nSPS) is 17.4. The maximum Gasteiger partial charge on any atom is 0.185 e. The molecule has 1 aromatic heterocycles. The average molecular weight is 268 g/mol. The largest absolute Gasteiger partial charge is 0.391 e. The molecule has 0 unspecified atom stereocenters. The van der Waals surface area contributed by atoms with Crippen molar-refractivity contribution in [2.75, 3.05) is 11.9 Å². The number of hydrogen-bond donors (Lipinski definition) is 1. The fraction of sp³-hybridized carbons (Fsp3) is 0.786. The molecule has 102 valence electrons. The van der Waals surface area contributed by atoms with Crippen LogP contribution < -0.4 is 4.90 Å². The molecule has 0 aliphatic heterocycles. The minimum atomic E-state index is 0.115. The van der Waals surface area contributed by atoms with Crippen LogP contribution in [0.15, 0.2) is 0 Å². The predicted octanol–water partition coefficient (Wildman–Crippen LogP) is 3.53. The molecule has 1 N–H and O–H groups in total. The first-order valence-electron chi connectivity index (χ1n) is 6.96. The summed E-state index contributed by atoms with van der Waals surface area (Å²) in [7, 11) is 2.15. The number of anilines is 1. The van der Waals surface area contributed by atoms with E-state index in [4.69, 9.17) is 4.98 Å². The molecule has 3 nitrogen and oxygen atoms in total. The van der Waals surface area contributed by atoms with Gasteiger partial charge in [0.25, 0.3) is 0 Å². The summed E-state index contributed by atoms with van der Waals surface area (Å²) in [4.78, 5) is 8.10. The molecular weight excluding hydrogens is 244 g/mol. The number of thiazole rings is 1. The molecule has 1 fully saturated rings. The molecule has 0 saturated heterocycles. The zero-order valence-corrected chi connectivity index (χ0v) is 12.5. The lowest BCUT2D eigenvalue weighted by molar-refractivity contribution is 0.283. The van der Waals surface area contributed by atoms with Gasteiger partial charge in [0.2, 0.25) is 0 Å². The van der Waals surface area contributed by atoms with Crippen LogP contribution >= 0.6 is 11.3 Å². The summed E-state index contributed by atoms with van der Waals surface area (Å²) < 4.78 is 0. The Kier molecular flexibility index (Phi) is 4.62. The number of aromatic nitrogens is 1. The monoisotopic (exact) mass is 268 g/mol. The molecule has 0 bridgehead atoms. The highest BCUT2D eigenvalue weighted by Crippen LogP contribution is 2.33. The van der Waals surface area contributed by atoms with E-state index < -0.39 is 0 Å². The predicted molar refractivity (Wildman–Crippen MR) is 77.4 cm³/mol. The van der Waals surface area contributed by atoms with Gasteiger partial charge in [0.15, 0.2) is 5.13 Å². The van der Waals surface area contributed by atoms with Crippen molar-refractivity contribution in [1.29, 1.82) is 0 Å². The molecule has 0 aromatic carbocycles. The lowest BCUT2D eigenvalue weighted by Gasteiger charge is -2.30. The maximum absolute atomic E-state index is 9.42. The minimum absolute atomic E-state index is 0.115. The van der Waals surface area contributed by atoms with Crippen molar-refractivity contribution in [1.82, 2.24) is 4.98 Å². The molecule has 0 amide bonds. The SMILES string of the molecule is CC(C)c1nc(N(C)C2CCCCC2)sc1CO. The van der Waals surface area contributed by atoms with Gasteiger partial charge in [-0.05, 0) is 18.8 Å². The summed E-state index contributed by atoms with van der Waals surface area (Å²) >= 11 is 1.65. The maximum atomic E-state index is 9.42. The van der Waals surface area contributed by atoms with Gasteiger partial charge in [-0.3, -0.25) is 0 Å². The second-order valence-corrected chi connectivity index (χ2v) is 6.58. The molecule has 1 aromatic rings. The van der Waals surface area contributed by atoms with E-state index in [0.717, 1.165) is 15.7 Å². The highest BCUT2D eigenvalue weighted by atomic mass is 32.1. The zero-order valence-electron chi connectivity index (χ0n) is 11.6. The fourth-order valence-corrected chi connectivity index (χ4v) is 3.80. The van der Waals surface area contributed by atoms with Crippen LogP contribution in [0.5, 0.6) is 0 Å². The lowest BCUT2D eigenvalue weighted by Crippen LogP contribution is -2.33. The number of rotatable bonds is 4. The number of nitrogens with zero attached hydrogens (tertiary/aromatic N) is 2. The van der Waals surface area contributed by atoms with E-state index >= 15 is 0 Å². The fourth-order valence-electron chi connectivity index (χ4n) is 2.69. The second kappa shape index (κ2) is 6.02. The summed E-state index contributed by atoms with van der Waals surface area (Å²) in [6.07, 6.45) is 6.61. The van der Waals surface area contributed by atoms with Crippen molar-refractivity contribution in [3.8, 4) is 0 Å². The van der Waals surface area contributed by atoms with Gasteiger partial charge < -0.3 is 10.0 Å². The third kappa shape index (κ3) is 2.86. The average Bonchev–Trinajstić information content (AvgIpc) is 2.83. The molecule has 1 heterocycles. The van der Waals surface area contributed by atoms with E-state index in [9.17, 15) is 5.11 Å². The zero-order chi connectivity index (χ0) is 13.1. The van der Waals surface area contributed by atoms with Crippen molar-refractivity contribution in [2.24, 2.45) is 0 Å². The van der Waals surface area contributed by atoms with Crippen LogP contribution in [0.2, 0.25) is 0 Å². The van der Waals surface area contributed by atoms with Crippen molar-refractivity contribution < 1.29 is 5.11 Å². The number of aliphatic hydroxyl groups excluding tert-OH is 1. The first kappa shape index (κ1) is 13.8. The molecule has 1 saturated carbocycles. The lowest BCUT2D eigenvalue weighted by atomic mass is 9.95. The van der Waals surface area contributed by atoms with Gasteiger partial charge in [-0.15, -0.1) is 0 Å². The van der Waals surface area contributed by atoms with Gasteiger partial charge >= 0.3 is 0 Å². The molecule has 4 heteroatoms. The molecule has 0 spiro atoms. The van der Waals surface area contributed by atoms with Crippen LogP contribution in [-0.2, 0) is 6.61 Å². The Labute approximate surface area is 114 Å². The van der Waals surface area contributed by atoms with Crippen LogP contribution in [0.25, 0.3) is 0 Å². The Morgan fingerprint density at radius 2 is 2.00 bits per heavy atom. The van der Waals surface area contributed by atoms with Crippen LogP contribution in [0, 0.1) is 0 Å². The molecule has 1 aliphatic rings. The van der Waals surface area contributed by atoms with E-state index in [2.05, 4.69) is 25.8 Å². The smallest absolute Gasteiger partial charge is 0.185 e. The molecule has 2 rings (SSSR count). The van der Waals surface area contributed by atoms with Gasteiger partial charge in [-0.2, -0.15) is 0 Å². The molecule has 18 heavy (non-hydrogen) atoms. The topological polar surface area (TPSA) is 36.4 Å². The Balaban J connectivity index is 2.16. The Morgan fingerprint density at radius 3 is 2.50 bits per heavy atom. The third-order valence-corrected chi connectivity index (χ3v) is 4.98. The second-order valence-electron chi connectivity index (χ2n) is 5.52. The van der Waals surface area contributed by atoms with Gasteiger partial charge in [-0.25, -0.2) is 4.98 Å². The number of aliphatic hydroxyl groups is 1. The molecular formula is C14H24N2OS. The summed E-state index contributed by atoms with van der Waals surface area (Å²) in [6.45, 7) is 4.39. The standard InChI is InChI=1S/C14H24N2OS/c1-10(2)13-12(9-17)18-14(15-13)16(3)11-7-5-4-6-8-11/h10-11,17H,4-9H2,1-3H3. The first-order valence-corrected chi connectivity index (χ1v) is 7.78. The van der Waals surface area contributed by atoms with Crippen LogP contribution in [0.3, 0.4) is 0 Å². The molecule has 1 aliphatic carbocycles. The van der Waals surface area contributed by atoms with E-state index in [1.165, 1.54) is 32.1 Å². The van der Waals surface area contributed by atoms with Gasteiger partial charge in [0.05, 0.1) is 17.2 Å². The van der Waals surface area contributed by atoms with Crippen LogP contribution in [-0.4, -0.2) is 23.2 Å². The van der Waals surface area contributed by atoms with Crippen molar-refractivity contribution >= 4 is 16.5 Å². The first-order chi connectivity index (χ1) is 8.63. The summed E-state index contributed by atoms with van der Waals surface area (Å²) in [6, 6.07) is 0.636. The van der Waals surface area contributed by atoms with Crippen LogP contribution in [0.1, 0.15) is 62.4 Å². The quantitative estimate of drug-likeness (QED) is 0.907. The van der Waals surface area contributed by atoms with Gasteiger partial charge in [-0.1, -0.05) is 44.4 Å². The third-order valence-electron chi connectivity index (χ3n) is 3.83. The summed E-state index contributed by atoms with van der Waals surface area (Å²) in [5, 5.41) is 10.5.